The lowest BCUT2D eigenvalue weighted by Gasteiger charge is -2.02. The van der Waals surface area contributed by atoms with Crippen molar-refractivity contribution < 1.29 is 13.9 Å². The molecule has 0 aromatic carbocycles. The molecule has 15 heavy (non-hydrogen) atoms. The number of rotatable bonds is 5. The summed E-state index contributed by atoms with van der Waals surface area (Å²) in [6.07, 6.45) is 1.74. The summed E-state index contributed by atoms with van der Waals surface area (Å²) in [5.41, 5.74) is 0. The number of ether oxygens (including phenoxy) is 1. The Balaban J connectivity index is 2.59. The molecule has 1 unspecified atom stereocenters. The molecule has 0 amide bonds. The zero-order chi connectivity index (χ0) is 11.3. The normalized spacial score (nSPS) is 12.5. The van der Waals surface area contributed by atoms with E-state index in [0.29, 0.717) is 24.8 Å². The Kier molecular flexibility index (Phi) is 4.27. The van der Waals surface area contributed by atoms with Gasteiger partial charge in [0.15, 0.2) is 0 Å². The molecule has 0 aliphatic heterocycles. The fourth-order valence-corrected chi connectivity index (χ4v) is 1.05. The number of carbonyl (C=O) groups excluding carboxylic acids is 1. The van der Waals surface area contributed by atoms with Gasteiger partial charge >= 0.3 is 11.9 Å². The summed E-state index contributed by atoms with van der Waals surface area (Å²) in [4.78, 5) is 11.2. The standard InChI is InChI=1S/C10H16N2O3/c1-4-7(3)6-8-11-12-9(15-8)10(13)14-5-2/h7H,4-6H2,1-3H3. The van der Waals surface area contributed by atoms with E-state index in [4.69, 9.17) is 9.15 Å². The minimum atomic E-state index is -0.555. The molecule has 1 aromatic heterocycles. The third kappa shape index (κ3) is 3.34. The Morgan fingerprint density at radius 1 is 1.47 bits per heavy atom. The van der Waals surface area contributed by atoms with E-state index < -0.39 is 5.97 Å². The topological polar surface area (TPSA) is 65.2 Å². The first-order chi connectivity index (χ1) is 7.17. The van der Waals surface area contributed by atoms with Crippen molar-refractivity contribution in [3.63, 3.8) is 0 Å². The molecular weight excluding hydrogens is 196 g/mol. The van der Waals surface area contributed by atoms with Gasteiger partial charge in [0, 0.05) is 6.42 Å². The summed E-state index contributed by atoms with van der Waals surface area (Å²) in [7, 11) is 0. The molecule has 1 atom stereocenters. The largest absolute Gasteiger partial charge is 0.459 e. The molecule has 0 radical (unpaired) electrons. The van der Waals surface area contributed by atoms with Crippen LogP contribution in [0.4, 0.5) is 0 Å². The summed E-state index contributed by atoms with van der Waals surface area (Å²) in [6, 6.07) is 0. The molecule has 5 nitrogen and oxygen atoms in total. The van der Waals surface area contributed by atoms with Gasteiger partial charge < -0.3 is 9.15 Å². The van der Waals surface area contributed by atoms with Gasteiger partial charge in [0.25, 0.3) is 0 Å². The molecule has 0 aliphatic carbocycles. The number of hydrogen-bond acceptors (Lipinski definition) is 5. The second-order valence-corrected chi connectivity index (χ2v) is 3.44. The van der Waals surface area contributed by atoms with Crippen LogP contribution in [0, 0.1) is 5.92 Å². The summed E-state index contributed by atoms with van der Waals surface area (Å²) in [5.74, 6) is 0.350. The zero-order valence-electron chi connectivity index (χ0n) is 9.32. The van der Waals surface area contributed by atoms with Gasteiger partial charge in [-0.15, -0.1) is 10.2 Å². The van der Waals surface area contributed by atoms with E-state index in [9.17, 15) is 4.79 Å². The first kappa shape index (κ1) is 11.7. The second kappa shape index (κ2) is 5.48. The molecule has 0 saturated carbocycles. The summed E-state index contributed by atoms with van der Waals surface area (Å²) in [6.45, 7) is 6.22. The lowest BCUT2D eigenvalue weighted by atomic mass is 10.1. The van der Waals surface area contributed by atoms with Crippen LogP contribution in [0.3, 0.4) is 0 Å². The van der Waals surface area contributed by atoms with Crippen molar-refractivity contribution >= 4 is 5.97 Å². The highest BCUT2D eigenvalue weighted by Gasteiger charge is 2.16. The van der Waals surface area contributed by atoms with Crippen LogP contribution in [-0.4, -0.2) is 22.8 Å². The van der Waals surface area contributed by atoms with Gasteiger partial charge in [-0.05, 0) is 12.8 Å². The van der Waals surface area contributed by atoms with Gasteiger partial charge in [0.05, 0.1) is 6.61 Å². The van der Waals surface area contributed by atoms with E-state index in [1.54, 1.807) is 6.92 Å². The number of aromatic nitrogens is 2. The molecule has 0 bridgehead atoms. The summed E-state index contributed by atoms with van der Waals surface area (Å²) < 4.78 is 9.91. The van der Waals surface area contributed by atoms with Crippen molar-refractivity contribution in [1.82, 2.24) is 10.2 Å². The highest BCUT2D eigenvalue weighted by Crippen LogP contribution is 2.10. The molecule has 0 fully saturated rings. The van der Waals surface area contributed by atoms with Crippen molar-refractivity contribution in [2.45, 2.75) is 33.6 Å². The van der Waals surface area contributed by atoms with Crippen LogP contribution in [-0.2, 0) is 11.2 Å². The third-order valence-electron chi connectivity index (χ3n) is 2.14. The van der Waals surface area contributed by atoms with E-state index >= 15 is 0 Å². The Morgan fingerprint density at radius 3 is 2.80 bits per heavy atom. The quantitative estimate of drug-likeness (QED) is 0.697. The average Bonchev–Trinajstić information content (AvgIpc) is 2.66. The number of hydrogen-bond donors (Lipinski definition) is 0. The second-order valence-electron chi connectivity index (χ2n) is 3.44. The molecule has 84 valence electrons. The van der Waals surface area contributed by atoms with Crippen molar-refractivity contribution in [2.24, 2.45) is 5.92 Å². The van der Waals surface area contributed by atoms with Crippen molar-refractivity contribution in [2.75, 3.05) is 6.61 Å². The van der Waals surface area contributed by atoms with Crippen LogP contribution >= 0.6 is 0 Å². The predicted molar refractivity (Wildman–Crippen MR) is 53.4 cm³/mol. The maximum absolute atomic E-state index is 11.2. The lowest BCUT2D eigenvalue weighted by Crippen LogP contribution is -2.04. The molecule has 0 N–H and O–H groups in total. The van der Waals surface area contributed by atoms with Crippen LogP contribution in [0.5, 0.6) is 0 Å². The first-order valence-electron chi connectivity index (χ1n) is 5.16. The highest BCUT2D eigenvalue weighted by molar-refractivity contribution is 5.83. The van der Waals surface area contributed by atoms with Crippen LogP contribution in [0.2, 0.25) is 0 Å². The smallest absolute Gasteiger partial charge is 0.396 e. The molecule has 1 rings (SSSR count). The zero-order valence-corrected chi connectivity index (χ0v) is 9.32. The minimum Gasteiger partial charge on any atom is -0.459 e. The predicted octanol–water partition coefficient (Wildman–Crippen LogP) is 1.83. The molecule has 0 spiro atoms. The Hall–Kier alpha value is -1.39. The first-order valence-corrected chi connectivity index (χ1v) is 5.16. The summed E-state index contributed by atoms with van der Waals surface area (Å²) >= 11 is 0. The summed E-state index contributed by atoms with van der Waals surface area (Å²) in [5, 5.41) is 7.42. The Labute approximate surface area is 88.8 Å². The SMILES string of the molecule is CCOC(=O)c1nnc(CC(C)CC)o1. The Bertz CT molecular complexity index is 322. The van der Waals surface area contributed by atoms with E-state index in [-0.39, 0.29) is 5.89 Å². The lowest BCUT2D eigenvalue weighted by molar-refractivity contribution is 0.0478. The Morgan fingerprint density at radius 2 is 2.20 bits per heavy atom. The van der Waals surface area contributed by atoms with E-state index in [0.717, 1.165) is 6.42 Å². The highest BCUT2D eigenvalue weighted by atomic mass is 16.5. The van der Waals surface area contributed by atoms with Gasteiger partial charge in [-0.3, -0.25) is 0 Å². The van der Waals surface area contributed by atoms with Crippen molar-refractivity contribution in [3.05, 3.63) is 11.8 Å². The molecule has 0 aliphatic rings. The van der Waals surface area contributed by atoms with E-state index in [1.807, 2.05) is 0 Å². The van der Waals surface area contributed by atoms with Crippen molar-refractivity contribution in [3.8, 4) is 0 Å². The van der Waals surface area contributed by atoms with Gasteiger partial charge in [0.1, 0.15) is 0 Å². The van der Waals surface area contributed by atoms with Gasteiger partial charge in [-0.25, -0.2) is 4.79 Å². The fraction of sp³-hybridized carbons (Fsp3) is 0.700. The molecule has 0 saturated heterocycles. The number of carbonyl (C=O) groups is 1. The van der Waals surface area contributed by atoms with Crippen LogP contribution in [0.25, 0.3) is 0 Å². The van der Waals surface area contributed by atoms with Crippen LogP contribution in [0.15, 0.2) is 4.42 Å². The number of esters is 1. The molecule has 1 aromatic rings. The van der Waals surface area contributed by atoms with E-state index in [1.165, 1.54) is 0 Å². The monoisotopic (exact) mass is 212 g/mol. The fourth-order valence-electron chi connectivity index (χ4n) is 1.05. The molecule has 1 heterocycles. The average molecular weight is 212 g/mol. The van der Waals surface area contributed by atoms with E-state index in [2.05, 4.69) is 24.0 Å². The van der Waals surface area contributed by atoms with Crippen molar-refractivity contribution in [1.29, 1.82) is 0 Å². The minimum absolute atomic E-state index is 0.0600. The van der Waals surface area contributed by atoms with Crippen LogP contribution < -0.4 is 0 Å². The van der Waals surface area contributed by atoms with Crippen LogP contribution in [0.1, 0.15) is 43.8 Å². The van der Waals surface area contributed by atoms with Gasteiger partial charge in [-0.2, -0.15) is 0 Å². The third-order valence-corrected chi connectivity index (χ3v) is 2.14. The van der Waals surface area contributed by atoms with Gasteiger partial charge in [-0.1, -0.05) is 20.3 Å². The van der Waals surface area contributed by atoms with Gasteiger partial charge in [0.2, 0.25) is 5.89 Å². The molecular formula is C10H16N2O3. The maximum atomic E-state index is 11.2. The maximum Gasteiger partial charge on any atom is 0.396 e. The molecule has 5 heteroatoms. The number of nitrogens with zero attached hydrogens (tertiary/aromatic N) is 2.